The van der Waals surface area contributed by atoms with Crippen LogP contribution in [0.4, 0.5) is 26.3 Å². The molecule has 112 valence electrons. The summed E-state index contributed by atoms with van der Waals surface area (Å²) in [6.07, 6.45) is -11.6. The van der Waals surface area contributed by atoms with E-state index in [1.165, 1.54) is 0 Å². The van der Waals surface area contributed by atoms with Crippen molar-refractivity contribution < 1.29 is 41.0 Å². The molecule has 1 N–H and O–H groups in total. The Labute approximate surface area is 108 Å². The number of ether oxygens (including phenoxy) is 1. The van der Waals surface area contributed by atoms with Crippen molar-refractivity contribution in [2.45, 2.75) is 18.5 Å². The van der Waals surface area contributed by atoms with Crippen LogP contribution >= 0.6 is 0 Å². The third-order valence-electron chi connectivity index (χ3n) is 2.15. The largest absolute Gasteiger partial charge is 0.479 e. The van der Waals surface area contributed by atoms with Gasteiger partial charge in [-0.3, -0.25) is 0 Å². The minimum Gasteiger partial charge on any atom is -0.479 e. The van der Waals surface area contributed by atoms with Crippen molar-refractivity contribution in [2.75, 3.05) is 6.61 Å². The topological polar surface area (TPSA) is 46.5 Å². The average molecular weight is 302 g/mol. The third-order valence-corrected chi connectivity index (χ3v) is 2.15. The number of carbonyl (C=O) groups is 1. The first-order chi connectivity index (χ1) is 9.00. The lowest BCUT2D eigenvalue weighted by Gasteiger charge is -2.16. The Morgan fingerprint density at radius 1 is 1.20 bits per heavy atom. The molecule has 3 nitrogen and oxygen atoms in total. The van der Waals surface area contributed by atoms with Gasteiger partial charge in [-0.15, -0.1) is 0 Å². The van der Waals surface area contributed by atoms with Crippen LogP contribution in [0.1, 0.15) is 17.2 Å². The summed E-state index contributed by atoms with van der Waals surface area (Å²) < 4.78 is 77.3. The molecule has 0 aliphatic carbocycles. The van der Waals surface area contributed by atoms with Gasteiger partial charge in [-0.1, -0.05) is 12.1 Å². The number of halogens is 6. The summed E-state index contributed by atoms with van der Waals surface area (Å²) in [6.45, 7) is -1.87. The van der Waals surface area contributed by atoms with Gasteiger partial charge in [0.25, 0.3) is 0 Å². The highest BCUT2D eigenvalue weighted by atomic mass is 19.4. The molecule has 1 atom stereocenters. The molecule has 20 heavy (non-hydrogen) atoms. The molecule has 0 amide bonds. The maximum atomic E-state index is 12.4. The first-order valence-corrected chi connectivity index (χ1v) is 5.09. The first kappa shape index (κ1) is 16.3. The van der Waals surface area contributed by atoms with Gasteiger partial charge in [-0.2, -0.15) is 26.3 Å². The minimum absolute atomic E-state index is 0.440. The van der Waals surface area contributed by atoms with Gasteiger partial charge in [-0.25, -0.2) is 4.79 Å². The number of rotatable bonds is 4. The molecule has 0 bridgehead atoms. The van der Waals surface area contributed by atoms with Gasteiger partial charge in [0.05, 0.1) is 5.56 Å². The Morgan fingerprint density at radius 3 is 2.25 bits per heavy atom. The lowest BCUT2D eigenvalue weighted by molar-refractivity contribution is -0.193. The minimum atomic E-state index is -4.78. The summed E-state index contributed by atoms with van der Waals surface area (Å²) in [7, 11) is 0. The van der Waals surface area contributed by atoms with Gasteiger partial charge in [0.2, 0.25) is 0 Å². The molecule has 0 aromatic heterocycles. The number of carboxylic acids is 1. The van der Waals surface area contributed by atoms with E-state index < -0.39 is 42.2 Å². The summed E-state index contributed by atoms with van der Waals surface area (Å²) in [5.74, 6) is -1.81. The summed E-state index contributed by atoms with van der Waals surface area (Å²) in [5.41, 5.74) is -1.69. The number of carboxylic acid groups (broad SMARTS) is 1. The highest BCUT2D eigenvalue weighted by molar-refractivity contribution is 5.74. The fourth-order valence-corrected chi connectivity index (χ4v) is 1.37. The van der Waals surface area contributed by atoms with Crippen LogP contribution in [0.3, 0.4) is 0 Å². The lowest BCUT2D eigenvalue weighted by atomic mass is 10.1. The SMILES string of the molecule is O=C(O)C(OCC(F)(F)F)c1cccc(C(F)(F)F)c1. The zero-order valence-corrected chi connectivity index (χ0v) is 9.63. The summed E-state index contributed by atoms with van der Waals surface area (Å²) in [6, 6.07) is 2.96. The van der Waals surface area contributed by atoms with Gasteiger partial charge in [0.15, 0.2) is 6.10 Å². The van der Waals surface area contributed by atoms with Crippen molar-refractivity contribution in [2.24, 2.45) is 0 Å². The Kier molecular flexibility index (Phi) is 4.64. The normalized spacial score (nSPS) is 14.1. The van der Waals surface area contributed by atoms with Crippen LogP contribution in [0, 0.1) is 0 Å². The molecule has 0 aliphatic rings. The molecule has 0 saturated heterocycles. The van der Waals surface area contributed by atoms with E-state index in [1.54, 1.807) is 0 Å². The van der Waals surface area contributed by atoms with E-state index in [9.17, 15) is 31.1 Å². The molecule has 1 aromatic rings. The van der Waals surface area contributed by atoms with Gasteiger partial charge < -0.3 is 9.84 Å². The maximum absolute atomic E-state index is 12.4. The molecule has 0 fully saturated rings. The zero-order chi connectivity index (χ0) is 15.6. The van der Waals surface area contributed by atoms with E-state index in [-0.39, 0.29) is 0 Å². The molecular weight excluding hydrogens is 294 g/mol. The van der Waals surface area contributed by atoms with E-state index in [0.717, 1.165) is 12.1 Å². The summed E-state index contributed by atoms with van der Waals surface area (Å²) >= 11 is 0. The first-order valence-electron chi connectivity index (χ1n) is 5.09. The number of alkyl halides is 6. The molecule has 1 unspecified atom stereocenters. The highest BCUT2D eigenvalue weighted by Crippen LogP contribution is 2.32. The molecular formula is C11H8F6O3. The monoisotopic (exact) mass is 302 g/mol. The van der Waals surface area contributed by atoms with Gasteiger partial charge in [-0.05, 0) is 17.7 Å². The molecule has 1 rings (SSSR count). The Bertz CT molecular complexity index is 480. The van der Waals surface area contributed by atoms with Crippen LogP contribution < -0.4 is 0 Å². The lowest BCUT2D eigenvalue weighted by Crippen LogP contribution is -2.24. The number of hydrogen-bond acceptors (Lipinski definition) is 2. The van der Waals surface area contributed by atoms with Crippen LogP contribution in [0.15, 0.2) is 24.3 Å². The van der Waals surface area contributed by atoms with Gasteiger partial charge >= 0.3 is 18.3 Å². The fourth-order valence-electron chi connectivity index (χ4n) is 1.37. The highest BCUT2D eigenvalue weighted by Gasteiger charge is 2.34. The van der Waals surface area contributed by atoms with E-state index in [2.05, 4.69) is 4.74 Å². The molecule has 1 aromatic carbocycles. The number of hydrogen-bond donors (Lipinski definition) is 1. The zero-order valence-electron chi connectivity index (χ0n) is 9.63. The van der Waals surface area contributed by atoms with Crippen molar-refractivity contribution in [1.29, 1.82) is 0 Å². The Morgan fingerprint density at radius 2 is 1.80 bits per heavy atom. The Hall–Kier alpha value is -1.77. The van der Waals surface area contributed by atoms with Gasteiger partial charge in [0.1, 0.15) is 6.61 Å². The van der Waals surface area contributed by atoms with Crippen LogP contribution in [-0.4, -0.2) is 23.9 Å². The molecule has 0 spiro atoms. The van der Waals surface area contributed by atoms with Crippen LogP contribution in [0.2, 0.25) is 0 Å². The average Bonchev–Trinajstić information content (AvgIpc) is 2.26. The Balaban J connectivity index is 3.01. The van der Waals surface area contributed by atoms with Crippen molar-refractivity contribution in [3.05, 3.63) is 35.4 Å². The van der Waals surface area contributed by atoms with E-state index >= 15 is 0 Å². The molecule has 0 heterocycles. The molecule has 0 aliphatic heterocycles. The number of benzene rings is 1. The second kappa shape index (κ2) is 5.70. The third kappa shape index (κ3) is 4.72. The molecule has 0 radical (unpaired) electrons. The van der Waals surface area contributed by atoms with Gasteiger partial charge in [0, 0.05) is 0 Å². The molecule has 0 saturated carbocycles. The van der Waals surface area contributed by atoms with Crippen molar-refractivity contribution in [1.82, 2.24) is 0 Å². The predicted octanol–water partition coefficient (Wildman–Crippen LogP) is 3.41. The van der Waals surface area contributed by atoms with E-state index in [4.69, 9.17) is 5.11 Å². The van der Waals surface area contributed by atoms with Crippen LogP contribution in [0.5, 0.6) is 0 Å². The quantitative estimate of drug-likeness (QED) is 0.867. The number of aliphatic carboxylic acids is 1. The van der Waals surface area contributed by atoms with E-state index in [0.29, 0.717) is 12.1 Å². The van der Waals surface area contributed by atoms with E-state index in [1.807, 2.05) is 0 Å². The predicted molar refractivity (Wildman–Crippen MR) is 53.8 cm³/mol. The van der Waals surface area contributed by atoms with Crippen molar-refractivity contribution in [3.8, 4) is 0 Å². The second-order valence-corrected chi connectivity index (χ2v) is 3.77. The molecule has 9 heteroatoms. The summed E-state index contributed by atoms with van der Waals surface area (Å²) in [5, 5.41) is 8.74. The summed E-state index contributed by atoms with van der Waals surface area (Å²) in [4.78, 5) is 10.8. The standard InChI is InChI=1S/C11H8F6O3/c12-10(13,14)5-20-8(9(18)19)6-2-1-3-7(4-6)11(15,16)17/h1-4,8H,5H2,(H,18,19). The maximum Gasteiger partial charge on any atom is 0.416 e. The van der Waals surface area contributed by atoms with Crippen molar-refractivity contribution in [3.63, 3.8) is 0 Å². The van der Waals surface area contributed by atoms with Crippen LogP contribution in [-0.2, 0) is 15.7 Å². The van der Waals surface area contributed by atoms with Crippen molar-refractivity contribution >= 4 is 5.97 Å². The second-order valence-electron chi connectivity index (χ2n) is 3.77. The fraction of sp³-hybridized carbons (Fsp3) is 0.364. The smallest absolute Gasteiger partial charge is 0.416 e. The van der Waals surface area contributed by atoms with Crippen LogP contribution in [0.25, 0.3) is 0 Å².